The molecule has 156 valence electrons. The van der Waals surface area contributed by atoms with E-state index >= 15 is 0 Å². The Hall–Kier alpha value is -1.46. The van der Waals surface area contributed by atoms with E-state index in [0.29, 0.717) is 18.1 Å². The summed E-state index contributed by atoms with van der Waals surface area (Å²) in [6.45, 7) is 10.2. The van der Waals surface area contributed by atoms with Gasteiger partial charge in [-0.15, -0.1) is 6.58 Å². The average Bonchev–Trinajstić information content (AvgIpc) is 2.51. The lowest BCUT2D eigenvalue weighted by atomic mass is 9.63. The number of carboxylic acid groups (broad SMARTS) is 1. The number of carbonyl (C=O) groups is 1. The number of hydrogen-bond donors (Lipinski definition) is 1. The lowest BCUT2D eigenvalue weighted by Gasteiger charge is -2.41. The van der Waals surface area contributed by atoms with Crippen LogP contribution in [0.25, 0.3) is 0 Å². The third-order valence-electron chi connectivity index (χ3n) is 5.23. The van der Waals surface area contributed by atoms with Crippen LogP contribution < -0.4 is 0 Å². The van der Waals surface area contributed by atoms with Gasteiger partial charge in [-0.05, 0) is 60.9 Å². The molecular formula is C21H25Cl2F3O2. The first-order valence-corrected chi connectivity index (χ1v) is 9.55. The maximum absolute atomic E-state index is 13.9. The van der Waals surface area contributed by atoms with Crippen LogP contribution in [0.5, 0.6) is 0 Å². The van der Waals surface area contributed by atoms with Gasteiger partial charge >= 0.3 is 12.1 Å². The molecule has 0 saturated carbocycles. The highest BCUT2D eigenvalue weighted by molar-refractivity contribution is 6.55. The molecule has 0 spiro atoms. The highest BCUT2D eigenvalue weighted by atomic mass is 35.5. The van der Waals surface area contributed by atoms with Crippen molar-refractivity contribution in [2.45, 2.75) is 46.7 Å². The highest BCUT2D eigenvalue weighted by Crippen LogP contribution is 2.49. The van der Waals surface area contributed by atoms with Gasteiger partial charge in [0.25, 0.3) is 0 Å². The summed E-state index contributed by atoms with van der Waals surface area (Å²) >= 11 is 11.1. The minimum absolute atomic E-state index is 0.298. The smallest absolute Gasteiger partial charge is 0.396 e. The summed E-state index contributed by atoms with van der Waals surface area (Å²) in [6, 6.07) is 3.70. The minimum atomic E-state index is -4.83. The molecule has 0 bridgehead atoms. The van der Waals surface area contributed by atoms with Crippen molar-refractivity contribution < 1.29 is 23.1 Å². The van der Waals surface area contributed by atoms with Gasteiger partial charge in [0.05, 0.1) is 11.3 Å². The zero-order valence-electron chi connectivity index (χ0n) is 16.3. The lowest BCUT2D eigenvalue weighted by Crippen LogP contribution is -2.50. The van der Waals surface area contributed by atoms with Gasteiger partial charge in [0.15, 0.2) is 0 Å². The molecule has 28 heavy (non-hydrogen) atoms. The second kappa shape index (κ2) is 9.36. The SMILES string of the molecule is C=CCc1cc(C)c(CC(C(=O)O)(C(C)C)C(C=C(Cl)Cl)C(F)(F)F)c(C)c1. The summed E-state index contributed by atoms with van der Waals surface area (Å²) in [7, 11) is 0. The second-order valence-corrected chi connectivity index (χ2v) is 8.36. The van der Waals surface area contributed by atoms with Crippen molar-refractivity contribution in [1.29, 1.82) is 0 Å². The van der Waals surface area contributed by atoms with Crippen LogP contribution in [0.15, 0.2) is 35.4 Å². The number of halogens is 5. The molecule has 0 saturated heterocycles. The van der Waals surface area contributed by atoms with Gasteiger partial charge in [-0.2, -0.15) is 13.2 Å². The van der Waals surface area contributed by atoms with E-state index < -0.39 is 33.9 Å². The molecule has 0 amide bonds. The van der Waals surface area contributed by atoms with Crippen molar-refractivity contribution in [3.05, 3.63) is 57.6 Å². The molecule has 0 heterocycles. The van der Waals surface area contributed by atoms with Crippen molar-refractivity contribution in [3.8, 4) is 0 Å². The van der Waals surface area contributed by atoms with Crippen molar-refractivity contribution in [1.82, 2.24) is 0 Å². The number of benzene rings is 1. The van der Waals surface area contributed by atoms with Crippen molar-refractivity contribution in [3.63, 3.8) is 0 Å². The summed E-state index contributed by atoms with van der Waals surface area (Å²) in [6.07, 6.45) is -2.19. The number of aryl methyl sites for hydroxylation is 2. The van der Waals surface area contributed by atoms with Crippen molar-refractivity contribution in [2.75, 3.05) is 0 Å². The molecular weight excluding hydrogens is 412 g/mol. The molecule has 0 aliphatic rings. The Labute approximate surface area is 174 Å². The second-order valence-electron chi connectivity index (χ2n) is 7.35. The van der Waals surface area contributed by atoms with E-state index in [-0.39, 0.29) is 6.42 Å². The van der Waals surface area contributed by atoms with E-state index in [1.807, 2.05) is 12.1 Å². The Morgan fingerprint density at radius 3 is 2.04 bits per heavy atom. The van der Waals surface area contributed by atoms with Gasteiger partial charge in [-0.3, -0.25) is 4.79 Å². The van der Waals surface area contributed by atoms with E-state index in [1.165, 1.54) is 13.8 Å². The zero-order chi connectivity index (χ0) is 21.9. The Balaban J connectivity index is 3.71. The van der Waals surface area contributed by atoms with E-state index in [9.17, 15) is 23.1 Å². The number of hydrogen-bond acceptors (Lipinski definition) is 1. The molecule has 0 aliphatic heterocycles. The van der Waals surface area contributed by atoms with E-state index in [0.717, 1.165) is 16.7 Å². The van der Waals surface area contributed by atoms with E-state index in [2.05, 4.69) is 6.58 Å². The third kappa shape index (κ3) is 5.32. The van der Waals surface area contributed by atoms with Gasteiger partial charge in [0.2, 0.25) is 0 Å². The predicted octanol–water partition coefficient (Wildman–Crippen LogP) is 6.80. The molecule has 0 aliphatic carbocycles. The van der Waals surface area contributed by atoms with Crippen molar-refractivity contribution in [2.24, 2.45) is 17.3 Å². The number of aliphatic carboxylic acids is 1. The fourth-order valence-electron chi connectivity index (χ4n) is 3.73. The zero-order valence-corrected chi connectivity index (χ0v) is 17.8. The number of rotatable bonds is 8. The Bertz CT molecular complexity index is 742. The maximum Gasteiger partial charge on any atom is 0.396 e. The first kappa shape index (κ1) is 24.6. The van der Waals surface area contributed by atoms with Crippen LogP contribution >= 0.6 is 23.2 Å². The van der Waals surface area contributed by atoms with Crippen LogP contribution in [0.3, 0.4) is 0 Å². The van der Waals surface area contributed by atoms with Crippen LogP contribution in [-0.2, 0) is 17.6 Å². The third-order valence-corrected chi connectivity index (χ3v) is 5.49. The standard InChI is InChI=1S/C21H25Cl2F3O2/c1-6-7-15-8-13(4)16(14(5)9-15)11-20(12(2)3,19(27)28)17(10-18(22)23)21(24,25)26/h6,8-10,12,17H,1,7,11H2,2-5H3,(H,27,28). The summed E-state index contributed by atoms with van der Waals surface area (Å²) in [5.74, 6) is -4.72. The van der Waals surface area contributed by atoms with Gasteiger partial charge in [-0.1, -0.05) is 55.3 Å². The molecule has 1 aromatic carbocycles. The lowest BCUT2D eigenvalue weighted by molar-refractivity contribution is -0.209. The minimum Gasteiger partial charge on any atom is -0.481 e. The molecule has 1 aromatic rings. The van der Waals surface area contributed by atoms with Gasteiger partial charge in [-0.25, -0.2) is 0 Å². The number of alkyl halides is 3. The monoisotopic (exact) mass is 436 g/mol. The Morgan fingerprint density at radius 2 is 1.71 bits per heavy atom. The van der Waals surface area contributed by atoms with Gasteiger partial charge < -0.3 is 5.11 Å². The van der Waals surface area contributed by atoms with E-state index in [4.69, 9.17) is 23.2 Å². The summed E-state index contributed by atoms with van der Waals surface area (Å²) < 4.78 is 41.2. The van der Waals surface area contributed by atoms with Gasteiger partial charge in [0.1, 0.15) is 4.49 Å². The van der Waals surface area contributed by atoms with Gasteiger partial charge in [0, 0.05) is 0 Å². The predicted molar refractivity (Wildman–Crippen MR) is 108 cm³/mol. The van der Waals surface area contributed by atoms with Crippen LogP contribution in [0.1, 0.15) is 36.1 Å². The molecule has 0 fully saturated rings. The topological polar surface area (TPSA) is 37.3 Å². The van der Waals surface area contributed by atoms with Crippen molar-refractivity contribution >= 4 is 29.2 Å². The quantitative estimate of drug-likeness (QED) is 0.454. The number of allylic oxidation sites excluding steroid dienone is 2. The molecule has 2 unspecified atom stereocenters. The van der Waals surface area contributed by atoms with Crippen LogP contribution in [0.2, 0.25) is 0 Å². The first-order valence-electron chi connectivity index (χ1n) is 8.80. The summed E-state index contributed by atoms with van der Waals surface area (Å²) in [4.78, 5) is 12.3. The molecule has 0 radical (unpaired) electrons. The summed E-state index contributed by atoms with van der Waals surface area (Å²) in [5, 5.41) is 9.99. The normalized spacial score (nSPS) is 15.1. The molecule has 7 heteroatoms. The molecule has 2 atom stereocenters. The largest absolute Gasteiger partial charge is 0.481 e. The maximum atomic E-state index is 13.9. The van der Waals surface area contributed by atoms with E-state index in [1.54, 1.807) is 19.9 Å². The Morgan fingerprint density at radius 1 is 1.21 bits per heavy atom. The summed E-state index contributed by atoms with van der Waals surface area (Å²) in [5.41, 5.74) is 0.866. The molecule has 0 aromatic heterocycles. The average molecular weight is 437 g/mol. The van der Waals surface area contributed by atoms with Crippen LogP contribution in [0, 0.1) is 31.1 Å². The highest BCUT2D eigenvalue weighted by Gasteiger charge is 2.58. The fourth-order valence-corrected chi connectivity index (χ4v) is 3.98. The molecule has 1 N–H and O–H groups in total. The Kier molecular flexibility index (Phi) is 8.21. The first-order chi connectivity index (χ1) is 12.8. The molecule has 2 nitrogen and oxygen atoms in total. The molecule has 1 rings (SSSR count). The number of carboxylic acids is 1. The van der Waals surface area contributed by atoms with Crippen LogP contribution in [0.4, 0.5) is 13.2 Å². The fraction of sp³-hybridized carbons (Fsp3) is 0.476. The van der Waals surface area contributed by atoms with Crippen LogP contribution in [-0.4, -0.2) is 17.3 Å².